The molecule has 1 amide bonds. The Labute approximate surface area is 200 Å². The molecule has 0 unspecified atom stereocenters. The molecule has 2 heterocycles. The van der Waals surface area contributed by atoms with Gasteiger partial charge in [-0.3, -0.25) is 0 Å². The summed E-state index contributed by atoms with van der Waals surface area (Å²) in [5, 5.41) is 1.86. The summed E-state index contributed by atoms with van der Waals surface area (Å²) in [6.45, 7) is 8.99. The van der Waals surface area contributed by atoms with E-state index in [1.54, 1.807) is 24.2 Å². The van der Waals surface area contributed by atoms with E-state index in [2.05, 4.69) is 9.88 Å². The lowest BCUT2D eigenvalue weighted by Gasteiger charge is -2.39. The summed E-state index contributed by atoms with van der Waals surface area (Å²) in [4.78, 5) is 20.9. The van der Waals surface area contributed by atoms with Crippen LogP contribution in [0.5, 0.6) is 0 Å². The van der Waals surface area contributed by atoms with Crippen molar-refractivity contribution in [2.45, 2.75) is 52.2 Å². The van der Waals surface area contributed by atoms with Crippen LogP contribution < -0.4 is 10.6 Å². The van der Waals surface area contributed by atoms with Crippen LogP contribution in [-0.4, -0.2) is 47.8 Å². The lowest BCUT2D eigenvalue weighted by Crippen LogP contribution is -2.49. The van der Waals surface area contributed by atoms with E-state index in [0.29, 0.717) is 17.9 Å². The molecule has 2 aromatic carbocycles. The molecule has 1 aromatic heterocycles. The number of ether oxygens (including phenoxy) is 1. The average molecular weight is 465 g/mol. The van der Waals surface area contributed by atoms with Crippen LogP contribution in [0, 0.1) is 12.7 Å². The quantitative estimate of drug-likeness (QED) is 0.533. The van der Waals surface area contributed by atoms with Gasteiger partial charge in [-0.05, 0) is 75.9 Å². The van der Waals surface area contributed by atoms with Crippen molar-refractivity contribution in [3.63, 3.8) is 0 Å². The van der Waals surface area contributed by atoms with Crippen LogP contribution in [0.1, 0.15) is 39.2 Å². The Balaban J connectivity index is 1.74. The topological polar surface area (TPSA) is 71.7 Å². The van der Waals surface area contributed by atoms with Crippen LogP contribution in [-0.2, 0) is 4.74 Å². The smallest absolute Gasteiger partial charge is 0.410 e. The number of anilines is 2. The summed E-state index contributed by atoms with van der Waals surface area (Å²) < 4.78 is 20.4. The first kappa shape index (κ1) is 23.8. The van der Waals surface area contributed by atoms with Crippen molar-refractivity contribution in [3.8, 4) is 11.1 Å². The Bertz CT molecular complexity index is 1200. The fraction of sp³-hybridized carbons (Fsp3) is 0.407. The van der Waals surface area contributed by atoms with E-state index in [9.17, 15) is 9.18 Å². The van der Waals surface area contributed by atoms with Crippen molar-refractivity contribution in [2.75, 3.05) is 30.8 Å². The molecule has 0 saturated carbocycles. The molecule has 0 radical (unpaired) electrons. The minimum Gasteiger partial charge on any atom is -0.444 e. The third-order valence-corrected chi connectivity index (χ3v) is 6.31. The summed E-state index contributed by atoms with van der Waals surface area (Å²) in [5.74, 6) is 0.179. The van der Waals surface area contributed by atoms with Gasteiger partial charge in [0.05, 0.1) is 6.04 Å². The Kier molecular flexibility index (Phi) is 6.39. The predicted octanol–water partition coefficient (Wildman–Crippen LogP) is 5.77. The minimum atomic E-state index is -0.549. The number of piperidine rings is 1. The van der Waals surface area contributed by atoms with Crippen molar-refractivity contribution >= 4 is 28.4 Å². The minimum absolute atomic E-state index is 0.00307. The zero-order valence-electron chi connectivity index (χ0n) is 20.6. The number of carbonyl (C=O) groups excluding carboxylic acids is 1. The van der Waals surface area contributed by atoms with Gasteiger partial charge < -0.3 is 20.3 Å². The van der Waals surface area contributed by atoms with E-state index in [0.717, 1.165) is 47.0 Å². The second-order valence-corrected chi connectivity index (χ2v) is 10.1. The molecular weight excluding hydrogens is 431 g/mol. The van der Waals surface area contributed by atoms with Crippen molar-refractivity contribution in [2.24, 2.45) is 0 Å². The summed E-state index contributed by atoms with van der Waals surface area (Å²) in [6, 6.07) is 11.0. The highest BCUT2D eigenvalue weighted by atomic mass is 19.1. The van der Waals surface area contributed by atoms with Gasteiger partial charge in [-0.15, -0.1) is 0 Å². The monoisotopic (exact) mass is 464 g/mol. The van der Waals surface area contributed by atoms with Crippen LogP contribution in [0.3, 0.4) is 0 Å². The first-order valence-corrected chi connectivity index (χ1v) is 11.7. The number of nitrogens with two attached hydrogens (primary N) is 1. The zero-order valence-corrected chi connectivity index (χ0v) is 20.6. The number of aryl methyl sites for hydroxylation is 1. The van der Waals surface area contributed by atoms with E-state index in [1.165, 1.54) is 6.07 Å². The number of pyridine rings is 1. The maximum atomic E-state index is 14.9. The molecule has 0 spiro atoms. The maximum absolute atomic E-state index is 14.9. The predicted molar refractivity (Wildman–Crippen MR) is 136 cm³/mol. The highest BCUT2D eigenvalue weighted by Gasteiger charge is 2.30. The molecule has 3 aromatic rings. The van der Waals surface area contributed by atoms with Crippen LogP contribution in [0.4, 0.5) is 20.7 Å². The average Bonchev–Trinajstić information content (AvgIpc) is 2.77. The van der Waals surface area contributed by atoms with Crippen molar-refractivity contribution in [1.82, 2.24) is 9.88 Å². The number of halogens is 1. The van der Waals surface area contributed by atoms with E-state index >= 15 is 0 Å². The number of benzene rings is 2. The van der Waals surface area contributed by atoms with E-state index < -0.39 is 5.60 Å². The molecule has 0 aliphatic carbocycles. The third-order valence-electron chi connectivity index (χ3n) is 6.31. The number of hydrogen-bond acceptors (Lipinski definition) is 5. The largest absolute Gasteiger partial charge is 0.444 e. The number of likely N-dealkylation sites (N-methyl/N-ethyl adjacent to an activating group) is 1. The Morgan fingerprint density at radius 1 is 1.26 bits per heavy atom. The molecule has 1 fully saturated rings. The molecule has 2 N–H and O–H groups in total. The molecule has 6 nitrogen and oxygen atoms in total. The van der Waals surface area contributed by atoms with Crippen LogP contribution in [0.2, 0.25) is 0 Å². The van der Waals surface area contributed by atoms with Crippen molar-refractivity contribution in [1.29, 1.82) is 0 Å². The Morgan fingerprint density at radius 2 is 2.03 bits per heavy atom. The number of nitrogens with zero attached hydrogens (tertiary/aromatic N) is 3. The first-order valence-electron chi connectivity index (χ1n) is 11.7. The number of hydrogen-bond donors (Lipinski definition) is 1. The molecule has 7 heteroatoms. The normalized spacial score (nSPS) is 16.5. The van der Waals surface area contributed by atoms with Crippen LogP contribution in [0.15, 0.2) is 42.6 Å². The van der Waals surface area contributed by atoms with Crippen molar-refractivity contribution in [3.05, 3.63) is 54.0 Å². The Hall–Kier alpha value is -3.35. The summed E-state index contributed by atoms with van der Waals surface area (Å²) >= 11 is 0. The number of amides is 1. The molecule has 1 aliphatic heterocycles. The van der Waals surface area contributed by atoms with E-state index in [-0.39, 0.29) is 18.0 Å². The molecular formula is C27H33FN4O2. The molecule has 180 valence electrons. The van der Waals surface area contributed by atoms with Gasteiger partial charge in [0.25, 0.3) is 0 Å². The zero-order chi connectivity index (χ0) is 24.6. The van der Waals surface area contributed by atoms with Crippen molar-refractivity contribution < 1.29 is 13.9 Å². The van der Waals surface area contributed by atoms with E-state index in [4.69, 9.17) is 10.5 Å². The highest BCUT2D eigenvalue weighted by molar-refractivity contribution is 5.99. The number of aromatic nitrogens is 1. The van der Waals surface area contributed by atoms with Crippen LogP contribution in [0.25, 0.3) is 21.9 Å². The highest BCUT2D eigenvalue weighted by Crippen LogP contribution is 2.37. The molecule has 1 atom stereocenters. The third kappa shape index (κ3) is 4.93. The summed E-state index contributed by atoms with van der Waals surface area (Å²) in [5.41, 5.74) is 8.70. The molecule has 0 bridgehead atoms. The van der Waals surface area contributed by atoms with Gasteiger partial charge in [0.2, 0.25) is 0 Å². The fourth-order valence-corrected chi connectivity index (χ4v) is 4.63. The van der Waals surface area contributed by atoms with Gasteiger partial charge in [0, 0.05) is 48.4 Å². The fourth-order valence-electron chi connectivity index (χ4n) is 4.63. The number of carbonyl (C=O) groups is 1. The second kappa shape index (κ2) is 9.12. The Morgan fingerprint density at radius 3 is 2.74 bits per heavy atom. The molecule has 1 aliphatic rings. The van der Waals surface area contributed by atoms with Gasteiger partial charge in [0.15, 0.2) is 0 Å². The first-order chi connectivity index (χ1) is 16.0. The standard InChI is InChI=1S/C27H33FN4O2/c1-17-8-6-10-22(28)25(17)18-12-19-15-30-24(29)14-21(19)23(13-18)32-11-7-9-20(16-32)31(5)26(33)34-27(2,3)4/h6,8,10,12-15,20H,7,9,11,16H2,1-5H3,(H2,29,30)/t20-/m0/s1. The van der Waals surface area contributed by atoms with Gasteiger partial charge in [-0.2, -0.15) is 0 Å². The maximum Gasteiger partial charge on any atom is 0.410 e. The van der Waals surface area contributed by atoms with Crippen LogP contribution >= 0.6 is 0 Å². The number of nitrogen functional groups attached to an aromatic ring is 1. The van der Waals surface area contributed by atoms with Gasteiger partial charge in [0.1, 0.15) is 17.2 Å². The number of rotatable bonds is 3. The number of fused-ring (bicyclic) bond motifs is 1. The van der Waals surface area contributed by atoms with Gasteiger partial charge in [-0.25, -0.2) is 14.2 Å². The van der Waals surface area contributed by atoms with E-state index in [1.807, 2.05) is 52.0 Å². The second-order valence-electron chi connectivity index (χ2n) is 10.1. The molecule has 34 heavy (non-hydrogen) atoms. The molecule has 4 rings (SSSR count). The SMILES string of the molecule is Cc1cccc(F)c1-c1cc(N2CCC[C@H](N(C)C(=O)OC(C)(C)C)C2)c2cc(N)ncc2c1. The van der Waals surface area contributed by atoms with Gasteiger partial charge in [-0.1, -0.05) is 12.1 Å². The lowest BCUT2D eigenvalue weighted by atomic mass is 9.95. The summed E-state index contributed by atoms with van der Waals surface area (Å²) in [6.07, 6.45) is 3.22. The molecule has 1 saturated heterocycles. The van der Waals surface area contributed by atoms with Gasteiger partial charge >= 0.3 is 6.09 Å². The lowest BCUT2D eigenvalue weighted by molar-refractivity contribution is 0.0210. The summed E-state index contributed by atoms with van der Waals surface area (Å²) in [7, 11) is 1.79.